The van der Waals surface area contributed by atoms with Crippen molar-refractivity contribution in [1.82, 2.24) is 9.97 Å². The highest BCUT2D eigenvalue weighted by Gasteiger charge is 2.08. The van der Waals surface area contributed by atoms with Crippen molar-refractivity contribution in [2.45, 2.75) is 9.92 Å². The molecule has 0 spiro atoms. The summed E-state index contributed by atoms with van der Waals surface area (Å²) in [7, 11) is 0. The lowest BCUT2D eigenvalue weighted by atomic mass is 10.2. The Hall–Kier alpha value is -1.90. The van der Waals surface area contributed by atoms with Crippen molar-refractivity contribution in [2.24, 2.45) is 0 Å². The van der Waals surface area contributed by atoms with Crippen molar-refractivity contribution >= 4 is 38.6 Å². The molecule has 96 valence electrons. The second-order valence-electron chi connectivity index (χ2n) is 4.06. The van der Waals surface area contributed by atoms with Crippen LogP contribution in [0, 0.1) is 11.3 Å². The van der Waals surface area contributed by atoms with Gasteiger partial charge in [0, 0.05) is 14.8 Å². The van der Waals surface area contributed by atoms with Crippen LogP contribution < -0.4 is 0 Å². The highest BCUT2D eigenvalue weighted by Crippen LogP contribution is 2.35. The van der Waals surface area contributed by atoms with E-state index in [1.165, 1.54) is 0 Å². The summed E-state index contributed by atoms with van der Waals surface area (Å²) in [5.74, 6) is 0. The van der Waals surface area contributed by atoms with Gasteiger partial charge in [-0.2, -0.15) is 5.26 Å². The van der Waals surface area contributed by atoms with E-state index in [4.69, 9.17) is 5.26 Å². The van der Waals surface area contributed by atoms with Gasteiger partial charge in [0.15, 0.2) is 0 Å². The molecule has 0 aliphatic carbocycles. The first kappa shape index (κ1) is 13.1. The first-order chi connectivity index (χ1) is 9.78. The number of halogens is 1. The average molecular weight is 342 g/mol. The van der Waals surface area contributed by atoms with E-state index >= 15 is 0 Å². The summed E-state index contributed by atoms with van der Waals surface area (Å²) in [6.07, 6.45) is 1.57. The Bertz CT molecular complexity index is 821. The fourth-order valence-corrected chi connectivity index (χ4v) is 3.32. The van der Waals surface area contributed by atoms with Gasteiger partial charge < -0.3 is 0 Å². The largest absolute Gasteiger partial charge is 0.236 e. The van der Waals surface area contributed by atoms with Gasteiger partial charge in [-0.3, -0.25) is 0 Å². The predicted molar refractivity (Wildman–Crippen MR) is 82.5 cm³/mol. The third kappa shape index (κ3) is 2.53. The van der Waals surface area contributed by atoms with Crippen LogP contribution in [0.4, 0.5) is 0 Å². The zero-order chi connectivity index (χ0) is 13.9. The molecule has 1 heterocycles. The molecule has 0 bridgehead atoms. The van der Waals surface area contributed by atoms with E-state index in [0.717, 1.165) is 25.3 Å². The molecule has 0 aliphatic heterocycles. The molecule has 3 rings (SSSR count). The fraction of sp³-hybridized carbons (Fsp3) is 0. The van der Waals surface area contributed by atoms with Gasteiger partial charge in [-0.05, 0) is 40.2 Å². The second-order valence-corrected chi connectivity index (χ2v) is 5.94. The third-order valence-electron chi connectivity index (χ3n) is 2.77. The molecule has 3 aromatic rings. The minimum atomic E-state index is 0.633. The molecule has 0 N–H and O–H groups in total. The van der Waals surface area contributed by atoms with Gasteiger partial charge in [0.05, 0.1) is 17.1 Å². The molecular weight excluding hydrogens is 334 g/mol. The van der Waals surface area contributed by atoms with Crippen molar-refractivity contribution in [3.8, 4) is 6.07 Å². The smallest absolute Gasteiger partial charge is 0.117 e. The Morgan fingerprint density at radius 2 is 1.95 bits per heavy atom. The van der Waals surface area contributed by atoms with Crippen LogP contribution in [0.1, 0.15) is 5.56 Å². The Morgan fingerprint density at radius 3 is 2.75 bits per heavy atom. The van der Waals surface area contributed by atoms with Gasteiger partial charge in [-0.25, -0.2) is 9.97 Å². The minimum Gasteiger partial charge on any atom is -0.236 e. The van der Waals surface area contributed by atoms with Crippen LogP contribution >= 0.6 is 27.7 Å². The first-order valence-corrected chi connectivity index (χ1v) is 7.46. The van der Waals surface area contributed by atoms with E-state index in [-0.39, 0.29) is 0 Å². The van der Waals surface area contributed by atoms with Crippen LogP contribution in [-0.4, -0.2) is 9.97 Å². The van der Waals surface area contributed by atoms with Crippen molar-refractivity contribution in [3.63, 3.8) is 0 Å². The summed E-state index contributed by atoms with van der Waals surface area (Å²) < 4.78 is 0.893. The molecule has 0 saturated heterocycles. The SMILES string of the molecule is N#Cc1ccc(Sc2ncnc3ccccc23)c(Br)c1. The van der Waals surface area contributed by atoms with Gasteiger partial charge in [-0.1, -0.05) is 30.0 Å². The predicted octanol–water partition coefficient (Wildman–Crippen LogP) is 4.42. The monoisotopic (exact) mass is 341 g/mol. The van der Waals surface area contributed by atoms with Crippen molar-refractivity contribution in [2.75, 3.05) is 0 Å². The first-order valence-electron chi connectivity index (χ1n) is 5.85. The Labute approximate surface area is 128 Å². The second kappa shape index (κ2) is 5.61. The van der Waals surface area contributed by atoms with Crippen molar-refractivity contribution in [3.05, 3.63) is 58.8 Å². The van der Waals surface area contributed by atoms with Gasteiger partial charge >= 0.3 is 0 Å². The molecule has 5 heteroatoms. The lowest BCUT2D eigenvalue weighted by molar-refractivity contribution is 1.10. The van der Waals surface area contributed by atoms with Crippen LogP contribution in [0.25, 0.3) is 10.9 Å². The van der Waals surface area contributed by atoms with Gasteiger partial charge in [0.2, 0.25) is 0 Å². The normalized spacial score (nSPS) is 10.4. The Morgan fingerprint density at radius 1 is 1.10 bits per heavy atom. The van der Waals surface area contributed by atoms with Crippen LogP contribution in [0.5, 0.6) is 0 Å². The number of para-hydroxylation sites is 1. The zero-order valence-electron chi connectivity index (χ0n) is 10.2. The molecule has 0 aliphatic rings. The van der Waals surface area contributed by atoms with Gasteiger partial charge in [0.25, 0.3) is 0 Å². The Balaban J connectivity index is 2.04. The number of benzene rings is 2. The van der Waals surface area contributed by atoms with E-state index in [1.54, 1.807) is 24.2 Å². The van der Waals surface area contributed by atoms with Crippen LogP contribution in [0.2, 0.25) is 0 Å². The lowest BCUT2D eigenvalue weighted by Crippen LogP contribution is -1.87. The summed E-state index contributed by atoms with van der Waals surface area (Å²) >= 11 is 5.05. The number of rotatable bonds is 2. The van der Waals surface area contributed by atoms with Crippen LogP contribution in [-0.2, 0) is 0 Å². The van der Waals surface area contributed by atoms with Crippen LogP contribution in [0.15, 0.2) is 63.2 Å². The van der Waals surface area contributed by atoms with Gasteiger partial charge in [-0.15, -0.1) is 0 Å². The highest BCUT2D eigenvalue weighted by atomic mass is 79.9. The fourth-order valence-electron chi connectivity index (χ4n) is 1.82. The molecule has 3 nitrogen and oxygen atoms in total. The summed E-state index contributed by atoms with van der Waals surface area (Å²) in [6, 6.07) is 15.6. The highest BCUT2D eigenvalue weighted by molar-refractivity contribution is 9.10. The van der Waals surface area contributed by atoms with Crippen LogP contribution in [0.3, 0.4) is 0 Å². The third-order valence-corrected chi connectivity index (χ3v) is 4.79. The summed E-state index contributed by atoms with van der Waals surface area (Å²) in [4.78, 5) is 9.63. The molecule has 1 aromatic heterocycles. The molecular formula is C15H8BrN3S. The topological polar surface area (TPSA) is 49.6 Å². The molecule has 0 atom stereocenters. The van der Waals surface area contributed by atoms with Crippen molar-refractivity contribution in [1.29, 1.82) is 5.26 Å². The van der Waals surface area contributed by atoms with Crippen molar-refractivity contribution < 1.29 is 0 Å². The van der Waals surface area contributed by atoms with E-state index in [9.17, 15) is 0 Å². The molecule has 2 aromatic carbocycles. The molecule has 0 fully saturated rings. The standard InChI is InChI=1S/C15H8BrN3S/c16-12-7-10(8-17)5-6-14(12)20-15-11-3-1-2-4-13(11)18-9-19-15/h1-7,9H. The maximum Gasteiger partial charge on any atom is 0.117 e. The number of fused-ring (bicyclic) bond motifs is 1. The number of nitrogens with zero attached hydrogens (tertiary/aromatic N) is 3. The maximum atomic E-state index is 8.89. The summed E-state index contributed by atoms with van der Waals surface area (Å²) in [5.41, 5.74) is 1.56. The number of hydrogen-bond donors (Lipinski definition) is 0. The lowest BCUT2D eigenvalue weighted by Gasteiger charge is -2.06. The minimum absolute atomic E-state index is 0.633. The average Bonchev–Trinajstić information content (AvgIpc) is 2.49. The van der Waals surface area contributed by atoms with E-state index in [0.29, 0.717) is 5.56 Å². The number of aromatic nitrogens is 2. The Kier molecular flexibility index (Phi) is 3.68. The number of nitriles is 1. The molecule has 0 amide bonds. The zero-order valence-corrected chi connectivity index (χ0v) is 12.6. The summed E-state index contributed by atoms with van der Waals surface area (Å²) in [5, 5.41) is 10.8. The molecule has 0 saturated carbocycles. The van der Waals surface area contributed by atoms with Gasteiger partial charge in [0.1, 0.15) is 11.4 Å². The van der Waals surface area contributed by atoms with E-state index in [2.05, 4.69) is 32.0 Å². The molecule has 20 heavy (non-hydrogen) atoms. The van der Waals surface area contributed by atoms with E-state index < -0.39 is 0 Å². The maximum absolute atomic E-state index is 8.89. The number of hydrogen-bond acceptors (Lipinski definition) is 4. The quantitative estimate of drug-likeness (QED) is 0.647. The molecule has 0 radical (unpaired) electrons. The van der Waals surface area contributed by atoms with E-state index in [1.807, 2.05) is 36.4 Å². The summed E-state index contributed by atoms with van der Waals surface area (Å²) in [6.45, 7) is 0. The molecule has 0 unspecified atom stereocenters.